The van der Waals surface area contributed by atoms with E-state index in [1.807, 2.05) is 24.3 Å². The van der Waals surface area contributed by atoms with Crippen molar-refractivity contribution in [3.05, 3.63) is 28.5 Å². The molecule has 0 atom stereocenters. The summed E-state index contributed by atoms with van der Waals surface area (Å²) in [4.78, 5) is 7.23. The smallest absolute Gasteiger partial charge is 0.173 e. The van der Waals surface area contributed by atoms with Crippen molar-refractivity contribution in [2.45, 2.75) is 6.42 Å². The molecule has 1 N–H and O–H groups in total. The highest BCUT2D eigenvalue weighted by Gasteiger charge is 2.14. The second-order valence-electron chi connectivity index (χ2n) is 4.07. The van der Waals surface area contributed by atoms with E-state index >= 15 is 0 Å². The summed E-state index contributed by atoms with van der Waals surface area (Å²) in [7, 11) is 0. The maximum absolute atomic E-state index is 8.90. The van der Waals surface area contributed by atoms with E-state index in [4.69, 9.17) is 14.7 Å². The van der Waals surface area contributed by atoms with Crippen LogP contribution >= 0.6 is 15.9 Å². The van der Waals surface area contributed by atoms with Gasteiger partial charge in [0.2, 0.25) is 0 Å². The van der Waals surface area contributed by atoms with Gasteiger partial charge >= 0.3 is 0 Å². The predicted molar refractivity (Wildman–Crippen MR) is 72.0 cm³/mol. The number of halogens is 1. The SMILES string of the molecule is N#Cc1nc(-c2ccc3c(c2)OCCCO3)[nH]c1Br. The third-order valence-corrected chi connectivity index (χ3v) is 3.36. The molecule has 1 aromatic heterocycles. The lowest BCUT2D eigenvalue weighted by Gasteiger charge is -2.07. The van der Waals surface area contributed by atoms with Crippen molar-refractivity contribution in [3.8, 4) is 29.0 Å². The molecule has 1 aliphatic rings. The number of imidazole rings is 1. The molecule has 3 rings (SSSR count). The number of aromatic amines is 1. The molecule has 0 bridgehead atoms. The number of nitriles is 1. The van der Waals surface area contributed by atoms with Gasteiger partial charge in [-0.2, -0.15) is 5.26 Å². The van der Waals surface area contributed by atoms with Gasteiger partial charge in [0.1, 0.15) is 16.5 Å². The monoisotopic (exact) mass is 319 g/mol. The third kappa shape index (κ3) is 2.29. The van der Waals surface area contributed by atoms with E-state index in [0.717, 1.165) is 17.7 Å². The summed E-state index contributed by atoms with van der Waals surface area (Å²) in [5.74, 6) is 2.08. The molecule has 0 amide bonds. The quantitative estimate of drug-likeness (QED) is 0.877. The number of nitrogens with zero attached hydrogens (tertiary/aromatic N) is 2. The number of nitrogens with one attached hydrogen (secondary N) is 1. The van der Waals surface area contributed by atoms with Gasteiger partial charge in [0, 0.05) is 12.0 Å². The van der Waals surface area contributed by atoms with Crippen LogP contribution in [-0.2, 0) is 0 Å². The average Bonchev–Trinajstić information content (AvgIpc) is 2.66. The number of hydrogen-bond donors (Lipinski definition) is 1. The lowest BCUT2D eigenvalue weighted by Crippen LogP contribution is -1.97. The van der Waals surface area contributed by atoms with Gasteiger partial charge in [0.15, 0.2) is 17.2 Å². The van der Waals surface area contributed by atoms with Crippen molar-refractivity contribution in [2.24, 2.45) is 0 Å². The van der Waals surface area contributed by atoms with E-state index in [2.05, 4.69) is 25.9 Å². The number of ether oxygens (including phenoxy) is 2. The molecular weight excluding hydrogens is 310 g/mol. The molecule has 0 spiro atoms. The predicted octanol–water partition coefficient (Wildman–Crippen LogP) is 2.87. The highest BCUT2D eigenvalue weighted by atomic mass is 79.9. The topological polar surface area (TPSA) is 70.9 Å². The van der Waals surface area contributed by atoms with Crippen molar-refractivity contribution in [1.29, 1.82) is 5.26 Å². The molecule has 1 aliphatic heterocycles. The molecule has 2 heterocycles. The summed E-state index contributed by atoms with van der Waals surface area (Å²) in [6.45, 7) is 1.30. The van der Waals surface area contributed by atoms with Crippen LogP contribution in [0.1, 0.15) is 12.1 Å². The third-order valence-electron chi connectivity index (χ3n) is 2.79. The lowest BCUT2D eigenvalue weighted by molar-refractivity contribution is 0.297. The molecule has 5 nitrogen and oxygen atoms in total. The van der Waals surface area contributed by atoms with Crippen molar-refractivity contribution in [1.82, 2.24) is 9.97 Å². The Kier molecular flexibility index (Phi) is 3.13. The zero-order valence-electron chi connectivity index (χ0n) is 9.94. The molecule has 0 unspecified atom stereocenters. The van der Waals surface area contributed by atoms with Crippen molar-refractivity contribution in [2.75, 3.05) is 13.2 Å². The second kappa shape index (κ2) is 4.94. The Bertz CT molecular complexity index is 660. The molecule has 0 radical (unpaired) electrons. The summed E-state index contributed by atoms with van der Waals surface area (Å²) in [6, 6.07) is 7.63. The Morgan fingerprint density at radius 1 is 1.26 bits per heavy atom. The number of rotatable bonds is 1. The molecule has 0 fully saturated rings. The van der Waals surface area contributed by atoms with E-state index < -0.39 is 0 Å². The van der Waals surface area contributed by atoms with E-state index in [0.29, 0.717) is 35.1 Å². The average molecular weight is 320 g/mol. The van der Waals surface area contributed by atoms with Gasteiger partial charge in [-0.05, 0) is 34.1 Å². The van der Waals surface area contributed by atoms with Gasteiger partial charge in [-0.25, -0.2) is 4.98 Å². The molecule has 6 heteroatoms. The molecular formula is C13H10BrN3O2. The number of H-pyrrole nitrogens is 1. The van der Waals surface area contributed by atoms with Gasteiger partial charge < -0.3 is 14.5 Å². The summed E-state index contributed by atoms with van der Waals surface area (Å²) >= 11 is 3.27. The van der Waals surface area contributed by atoms with Gasteiger partial charge in [-0.1, -0.05) is 0 Å². The Hall–Kier alpha value is -2.00. The van der Waals surface area contributed by atoms with Crippen molar-refractivity contribution < 1.29 is 9.47 Å². The van der Waals surface area contributed by atoms with Crippen LogP contribution in [0.25, 0.3) is 11.4 Å². The highest BCUT2D eigenvalue weighted by molar-refractivity contribution is 9.10. The first-order valence-electron chi connectivity index (χ1n) is 5.83. The maximum Gasteiger partial charge on any atom is 0.173 e. The summed E-state index contributed by atoms with van der Waals surface area (Å²) in [6.07, 6.45) is 0.870. The molecule has 96 valence electrons. The van der Waals surface area contributed by atoms with Crippen LogP contribution in [0.5, 0.6) is 11.5 Å². The molecule has 19 heavy (non-hydrogen) atoms. The minimum absolute atomic E-state index is 0.335. The van der Waals surface area contributed by atoms with Gasteiger partial charge in [0.05, 0.1) is 13.2 Å². The first-order chi connectivity index (χ1) is 9.28. The number of hydrogen-bond acceptors (Lipinski definition) is 4. The molecule has 1 aromatic carbocycles. The van der Waals surface area contributed by atoms with E-state index in [1.54, 1.807) is 0 Å². The van der Waals surface area contributed by atoms with E-state index in [9.17, 15) is 0 Å². The van der Waals surface area contributed by atoms with Crippen LogP contribution in [0.3, 0.4) is 0 Å². The summed E-state index contributed by atoms with van der Waals surface area (Å²) < 4.78 is 11.8. The zero-order valence-corrected chi connectivity index (χ0v) is 11.5. The Morgan fingerprint density at radius 3 is 2.79 bits per heavy atom. The Balaban J connectivity index is 2.01. The van der Waals surface area contributed by atoms with Crippen LogP contribution in [-0.4, -0.2) is 23.2 Å². The number of fused-ring (bicyclic) bond motifs is 1. The second-order valence-corrected chi connectivity index (χ2v) is 4.86. The zero-order chi connectivity index (χ0) is 13.2. The molecule has 0 saturated heterocycles. The van der Waals surface area contributed by atoms with E-state index in [-0.39, 0.29) is 0 Å². The summed E-state index contributed by atoms with van der Waals surface area (Å²) in [5, 5.41) is 8.90. The fourth-order valence-corrected chi connectivity index (χ4v) is 2.24. The number of benzene rings is 1. The van der Waals surface area contributed by atoms with Gasteiger partial charge in [-0.3, -0.25) is 0 Å². The van der Waals surface area contributed by atoms with Crippen LogP contribution in [0.2, 0.25) is 0 Å². The molecule has 0 aliphatic carbocycles. The van der Waals surface area contributed by atoms with Crippen LogP contribution < -0.4 is 9.47 Å². The van der Waals surface area contributed by atoms with Crippen molar-refractivity contribution in [3.63, 3.8) is 0 Å². The van der Waals surface area contributed by atoms with E-state index in [1.165, 1.54) is 0 Å². The Labute approximate surface area is 118 Å². The lowest BCUT2D eigenvalue weighted by atomic mass is 10.2. The van der Waals surface area contributed by atoms with Crippen LogP contribution in [0.4, 0.5) is 0 Å². The van der Waals surface area contributed by atoms with Crippen molar-refractivity contribution >= 4 is 15.9 Å². The first kappa shape index (κ1) is 12.1. The minimum Gasteiger partial charge on any atom is -0.490 e. The number of aromatic nitrogens is 2. The standard InChI is InChI=1S/C13H10BrN3O2/c14-12-9(7-15)16-13(17-12)8-2-3-10-11(6-8)19-5-1-4-18-10/h2-3,6H,1,4-5H2,(H,16,17). The largest absolute Gasteiger partial charge is 0.490 e. The van der Waals surface area contributed by atoms with Gasteiger partial charge in [-0.15, -0.1) is 0 Å². The highest BCUT2D eigenvalue weighted by Crippen LogP contribution is 2.33. The normalized spacial score (nSPS) is 13.7. The summed E-state index contributed by atoms with van der Waals surface area (Å²) in [5.41, 5.74) is 1.19. The fraction of sp³-hybridized carbons (Fsp3) is 0.231. The first-order valence-corrected chi connectivity index (χ1v) is 6.63. The minimum atomic E-state index is 0.335. The van der Waals surface area contributed by atoms with Gasteiger partial charge in [0.25, 0.3) is 0 Å². The molecule has 2 aromatic rings. The Morgan fingerprint density at radius 2 is 2.05 bits per heavy atom. The fourth-order valence-electron chi connectivity index (χ4n) is 1.87. The maximum atomic E-state index is 8.90. The molecule has 0 saturated carbocycles. The van der Waals surface area contributed by atoms with Crippen LogP contribution in [0.15, 0.2) is 22.8 Å². The van der Waals surface area contributed by atoms with Crippen LogP contribution in [0, 0.1) is 11.3 Å².